The molecule has 0 amide bonds. The van der Waals surface area contributed by atoms with Crippen molar-refractivity contribution >= 4 is 41.3 Å². The quantitative estimate of drug-likeness (QED) is 0.193. The lowest BCUT2D eigenvalue weighted by Crippen LogP contribution is -2.42. The van der Waals surface area contributed by atoms with Crippen molar-refractivity contribution in [2.45, 2.75) is 39.2 Å². The molecule has 2 aromatic rings. The van der Waals surface area contributed by atoms with E-state index in [4.69, 9.17) is 9.73 Å². The van der Waals surface area contributed by atoms with Crippen LogP contribution in [0.25, 0.3) is 0 Å². The summed E-state index contributed by atoms with van der Waals surface area (Å²) in [6, 6.07) is 6.89. The number of nitrogens with zero attached hydrogens (tertiary/aromatic N) is 3. The molecule has 1 atom stereocenters. The SMILES string of the molecule is CCNC(=NCC(c1ccc(F)cc1)N1CCOCC1)NCCCCc1nc(C)cs1.I. The lowest BCUT2D eigenvalue weighted by atomic mass is 10.0. The molecule has 1 aliphatic heterocycles. The van der Waals surface area contributed by atoms with Gasteiger partial charge in [-0.1, -0.05) is 12.1 Å². The zero-order chi connectivity index (χ0) is 21.9. The molecule has 0 bridgehead atoms. The van der Waals surface area contributed by atoms with E-state index in [9.17, 15) is 4.39 Å². The van der Waals surface area contributed by atoms with Gasteiger partial charge in [-0.2, -0.15) is 0 Å². The third kappa shape index (κ3) is 8.92. The van der Waals surface area contributed by atoms with Crippen LogP contribution in [0.2, 0.25) is 0 Å². The van der Waals surface area contributed by atoms with Gasteiger partial charge in [-0.05, 0) is 50.8 Å². The summed E-state index contributed by atoms with van der Waals surface area (Å²) in [6.07, 6.45) is 3.19. The fourth-order valence-electron chi connectivity index (χ4n) is 3.65. The summed E-state index contributed by atoms with van der Waals surface area (Å²) in [7, 11) is 0. The van der Waals surface area contributed by atoms with Crippen molar-refractivity contribution in [3.63, 3.8) is 0 Å². The Labute approximate surface area is 212 Å². The number of aromatic nitrogens is 1. The molecular formula is C23H35FIN5OS. The number of thiazole rings is 1. The van der Waals surface area contributed by atoms with Gasteiger partial charge in [0.1, 0.15) is 5.82 Å². The Balaban J connectivity index is 0.00000363. The van der Waals surface area contributed by atoms with Crippen LogP contribution >= 0.6 is 35.3 Å². The van der Waals surface area contributed by atoms with Crippen molar-refractivity contribution in [3.8, 4) is 0 Å². The first kappa shape index (κ1) is 26.9. The summed E-state index contributed by atoms with van der Waals surface area (Å²) in [4.78, 5) is 11.8. The molecular weight excluding hydrogens is 540 g/mol. The predicted molar refractivity (Wildman–Crippen MR) is 141 cm³/mol. The first-order valence-corrected chi connectivity index (χ1v) is 12.0. The highest BCUT2D eigenvalue weighted by atomic mass is 127. The maximum Gasteiger partial charge on any atom is 0.191 e. The van der Waals surface area contributed by atoms with E-state index in [1.54, 1.807) is 11.3 Å². The van der Waals surface area contributed by atoms with Crippen molar-refractivity contribution in [2.75, 3.05) is 45.9 Å². The normalized spacial score (nSPS) is 15.8. The Morgan fingerprint density at radius 3 is 2.62 bits per heavy atom. The zero-order valence-corrected chi connectivity index (χ0v) is 22.1. The molecule has 0 spiro atoms. The van der Waals surface area contributed by atoms with E-state index in [1.807, 2.05) is 19.1 Å². The molecule has 0 radical (unpaired) electrons. The molecule has 1 saturated heterocycles. The Morgan fingerprint density at radius 2 is 1.97 bits per heavy atom. The van der Waals surface area contributed by atoms with E-state index in [-0.39, 0.29) is 35.8 Å². The minimum atomic E-state index is -0.212. The van der Waals surface area contributed by atoms with Crippen molar-refractivity contribution in [2.24, 2.45) is 4.99 Å². The van der Waals surface area contributed by atoms with Crippen LogP contribution in [-0.4, -0.2) is 61.8 Å². The number of unbranched alkanes of at least 4 members (excludes halogenated alkanes) is 1. The molecule has 1 aromatic carbocycles. The second kappa shape index (κ2) is 14.8. The lowest BCUT2D eigenvalue weighted by Gasteiger charge is -2.34. The number of halogens is 2. The van der Waals surface area contributed by atoms with E-state index in [2.05, 4.69) is 32.8 Å². The van der Waals surface area contributed by atoms with Crippen LogP contribution in [0.15, 0.2) is 34.6 Å². The summed E-state index contributed by atoms with van der Waals surface area (Å²) in [6.45, 7) is 9.56. The highest BCUT2D eigenvalue weighted by molar-refractivity contribution is 14.0. The van der Waals surface area contributed by atoms with Gasteiger partial charge < -0.3 is 15.4 Å². The van der Waals surface area contributed by atoms with E-state index < -0.39 is 0 Å². The molecule has 32 heavy (non-hydrogen) atoms. The van der Waals surface area contributed by atoms with E-state index >= 15 is 0 Å². The lowest BCUT2D eigenvalue weighted by molar-refractivity contribution is 0.0179. The molecule has 2 N–H and O–H groups in total. The maximum atomic E-state index is 13.4. The monoisotopic (exact) mass is 575 g/mol. The number of morpholine rings is 1. The highest BCUT2D eigenvalue weighted by Crippen LogP contribution is 2.22. The number of rotatable bonds is 10. The standard InChI is InChI=1S/C23H34FN5OS.HI/c1-3-25-23(26-11-5-4-6-22-28-18(2)17-31-22)27-16-21(29-12-14-30-15-13-29)19-7-9-20(24)10-8-19;/h7-10,17,21H,3-6,11-16H2,1-2H3,(H2,25,26,27);1H. The van der Waals surface area contributed by atoms with Gasteiger partial charge in [0.05, 0.1) is 30.8 Å². The molecule has 1 fully saturated rings. The van der Waals surface area contributed by atoms with Gasteiger partial charge in [-0.3, -0.25) is 9.89 Å². The molecule has 178 valence electrons. The minimum absolute atomic E-state index is 0. The molecule has 0 aliphatic carbocycles. The van der Waals surface area contributed by atoms with Crippen molar-refractivity contribution < 1.29 is 9.13 Å². The van der Waals surface area contributed by atoms with Crippen molar-refractivity contribution in [3.05, 3.63) is 51.7 Å². The van der Waals surface area contributed by atoms with Crippen molar-refractivity contribution in [1.29, 1.82) is 0 Å². The van der Waals surface area contributed by atoms with E-state index in [0.717, 1.165) is 75.9 Å². The largest absolute Gasteiger partial charge is 0.379 e. The summed E-state index contributed by atoms with van der Waals surface area (Å²) in [5.41, 5.74) is 2.19. The van der Waals surface area contributed by atoms with Gasteiger partial charge >= 0.3 is 0 Å². The Kier molecular flexibility index (Phi) is 12.4. The number of aryl methyl sites for hydroxylation is 2. The zero-order valence-electron chi connectivity index (χ0n) is 19.0. The van der Waals surface area contributed by atoms with Crippen LogP contribution in [0.5, 0.6) is 0 Å². The summed E-state index contributed by atoms with van der Waals surface area (Å²) in [5, 5.41) is 10.1. The highest BCUT2D eigenvalue weighted by Gasteiger charge is 2.22. The summed E-state index contributed by atoms with van der Waals surface area (Å²) < 4.78 is 18.9. The van der Waals surface area contributed by atoms with Crippen LogP contribution in [-0.2, 0) is 11.2 Å². The fraction of sp³-hybridized carbons (Fsp3) is 0.565. The third-order valence-corrected chi connectivity index (χ3v) is 6.31. The molecule has 1 aromatic heterocycles. The van der Waals surface area contributed by atoms with Crippen molar-refractivity contribution in [1.82, 2.24) is 20.5 Å². The smallest absolute Gasteiger partial charge is 0.191 e. The van der Waals surface area contributed by atoms with Crippen LogP contribution in [0, 0.1) is 12.7 Å². The minimum Gasteiger partial charge on any atom is -0.379 e. The van der Waals surface area contributed by atoms with Gasteiger partial charge in [0.15, 0.2) is 5.96 Å². The molecule has 2 heterocycles. The molecule has 1 unspecified atom stereocenters. The Hall–Kier alpha value is -1.30. The second-order valence-corrected chi connectivity index (χ2v) is 8.64. The maximum absolute atomic E-state index is 13.4. The van der Waals surface area contributed by atoms with E-state index in [1.165, 1.54) is 17.1 Å². The van der Waals surface area contributed by atoms with Crippen LogP contribution in [0.3, 0.4) is 0 Å². The number of hydrogen-bond acceptors (Lipinski definition) is 5. The number of aliphatic imine (C=N–C) groups is 1. The molecule has 3 rings (SSSR count). The topological polar surface area (TPSA) is 61.8 Å². The van der Waals surface area contributed by atoms with Gasteiger partial charge in [0.25, 0.3) is 0 Å². The average Bonchev–Trinajstić information content (AvgIpc) is 3.20. The van der Waals surface area contributed by atoms with Crippen LogP contribution < -0.4 is 10.6 Å². The fourth-order valence-corrected chi connectivity index (χ4v) is 4.47. The average molecular weight is 576 g/mol. The number of hydrogen-bond donors (Lipinski definition) is 2. The van der Waals surface area contributed by atoms with Crippen LogP contribution in [0.4, 0.5) is 4.39 Å². The molecule has 9 heteroatoms. The van der Waals surface area contributed by atoms with Gasteiger partial charge in [-0.25, -0.2) is 9.37 Å². The second-order valence-electron chi connectivity index (χ2n) is 7.70. The van der Waals surface area contributed by atoms with Gasteiger partial charge in [-0.15, -0.1) is 35.3 Å². The van der Waals surface area contributed by atoms with Crippen LogP contribution in [0.1, 0.15) is 42.1 Å². The van der Waals surface area contributed by atoms with Gasteiger partial charge in [0.2, 0.25) is 0 Å². The molecule has 6 nitrogen and oxygen atoms in total. The molecule has 0 saturated carbocycles. The van der Waals surface area contributed by atoms with E-state index in [0.29, 0.717) is 6.54 Å². The number of ether oxygens (including phenoxy) is 1. The summed E-state index contributed by atoms with van der Waals surface area (Å²) >= 11 is 1.74. The number of guanidine groups is 1. The summed E-state index contributed by atoms with van der Waals surface area (Å²) in [5.74, 6) is 0.615. The number of nitrogens with one attached hydrogen (secondary N) is 2. The Morgan fingerprint density at radius 1 is 1.22 bits per heavy atom. The Bertz CT molecular complexity index is 811. The van der Waals surface area contributed by atoms with Gasteiger partial charge in [0, 0.05) is 37.3 Å². The molecule has 1 aliphatic rings. The predicted octanol–water partition coefficient (Wildman–Crippen LogP) is 4.16. The third-order valence-electron chi connectivity index (χ3n) is 5.28. The first-order valence-electron chi connectivity index (χ1n) is 11.2. The first-order chi connectivity index (χ1) is 15.2. The number of benzene rings is 1.